The number of amides is 1. The van der Waals surface area contributed by atoms with Crippen LogP contribution in [0, 0.1) is 0 Å². The van der Waals surface area contributed by atoms with Crippen LogP contribution in [0.25, 0.3) is 10.2 Å². The Morgan fingerprint density at radius 1 is 1.38 bits per heavy atom. The Hall–Kier alpha value is -2.67. The Balaban J connectivity index is 1.45. The fourth-order valence-electron chi connectivity index (χ4n) is 3.26. The highest BCUT2D eigenvalue weighted by Gasteiger charge is 2.26. The van der Waals surface area contributed by atoms with E-state index in [2.05, 4.69) is 23.0 Å². The number of carbonyl (C=O) groups excluding carboxylic acids is 1. The molecule has 1 amide bonds. The zero-order chi connectivity index (χ0) is 18.1. The largest absolute Gasteiger partial charge is 0.484 e. The lowest BCUT2D eigenvalue weighted by Gasteiger charge is -2.27. The van der Waals surface area contributed by atoms with Crippen molar-refractivity contribution in [1.29, 1.82) is 0 Å². The molecular formula is C19H20N4O2S. The van der Waals surface area contributed by atoms with E-state index in [0.717, 1.165) is 33.7 Å². The number of nitrogen functional groups attached to an aromatic ring is 1. The van der Waals surface area contributed by atoms with E-state index in [1.54, 1.807) is 11.3 Å². The minimum absolute atomic E-state index is 0.00550. The number of aryl methyl sites for hydroxylation is 1. The van der Waals surface area contributed by atoms with Crippen LogP contribution >= 0.6 is 11.3 Å². The second kappa shape index (κ2) is 6.92. The molecule has 26 heavy (non-hydrogen) atoms. The molecule has 0 saturated heterocycles. The summed E-state index contributed by atoms with van der Waals surface area (Å²) in [6.07, 6.45) is 3.20. The number of hydrogen-bond donors (Lipinski definition) is 1. The number of hydrogen-bond acceptors (Lipinski definition) is 6. The van der Waals surface area contributed by atoms with Crippen molar-refractivity contribution in [2.45, 2.75) is 26.3 Å². The number of fused-ring (bicyclic) bond motifs is 3. The van der Waals surface area contributed by atoms with Crippen LogP contribution < -0.4 is 10.5 Å². The quantitative estimate of drug-likeness (QED) is 0.766. The van der Waals surface area contributed by atoms with Gasteiger partial charge >= 0.3 is 0 Å². The van der Waals surface area contributed by atoms with Gasteiger partial charge in [-0.15, -0.1) is 11.3 Å². The van der Waals surface area contributed by atoms with Crippen LogP contribution in [0.4, 0.5) is 5.82 Å². The topological polar surface area (TPSA) is 81.3 Å². The average molecular weight is 368 g/mol. The molecule has 0 spiro atoms. The van der Waals surface area contributed by atoms with E-state index in [9.17, 15) is 4.79 Å². The summed E-state index contributed by atoms with van der Waals surface area (Å²) in [6.45, 7) is 3.38. The molecule has 0 radical (unpaired) electrons. The Bertz CT molecular complexity index is 969. The second-order valence-corrected chi connectivity index (χ2v) is 7.38. The molecule has 0 saturated carbocycles. The van der Waals surface area contributed by atoms with E-state index in [1.165, 1.54) is 17.5 Å². The molecule has 1 aliphatic rings. The monoisotopic (exact) mass is 368 g/mol. The maximum absolute atomic E-state index is 12.6. The Kier molecular flexibility index (Phi) is 4.46. The number of carbonyl (C=O) groups is 1. The van der Waals surface area contributed by atoms with Gasteiger partial charge in [-0.05, 0) is 36.1 Å². The number of thiophene rings is 1. The van der Waals surface area contributed by atoms with Gasteiger partial charge in [-0.3, -0.25) is 4.79 Å². The standard InChI is InChI=1S/C19H20N4O2S/c1-2-12-4-3-5-13(8-12)25-10-16(24)23-7-6-14-15(9-23)26-19-17(14)18(20)21-11-22-19/h3-5,8,11H,2,6-7,9-10H2,1H3,(H2,20,21,22). The molecule has 6 nitrogen and oxygen atoms in total. The first-order valence-corrected chi connectivity index (χ1v) is 9.47. The SMILES string of the molecule is CCc1cccc(OCC(=O)N2CCc3c(sc4ncnc(N)c34)C2)c1. The number of nitrogens with zero attached hydrogens (tertiary/aromatic N) is 3. The van der Waals surface area contributed by atoms with E-state index < -0.39 is 0 Å². The lowest BCUT2D eigenvalue weighted by Crippen LogP contribution is -2.38. The first kappa shape index (κ1) is 16.8. The van der Waals surface area contributed by atoms with Gasteiger partial charge in [-0.1, -0.05) is 19.1 Å². The molecule has 1 aliphatic heterocycles. The van der Waals surface area contributed by atoms with Crippen LogP contribution in [0.15, 0.2) is 30.6 Å². The average Bonchev–Trinajstić information content (AvgIpc) is 3.05. The zero-order valence-electron chi connectivity index (χ0n) is 14.6. The fourth-order valence-corrected chi connectivity index (χ4v) is 4.47. The minimum Gasteiger partial charge on any atom is -0.484 e. The van der Waals surface area contributed by atoms with Crippen LogP contribution in [0.5, 0.6) is 5.75 Å². The van der Waals surface area contributed by atoms with E-state index >= 15 is 0 Å². The third-order valence-electron chi connectivity index (χ3n) is 4.69. The highest BCUT2D eigenvalue weighted by Crippen LogP contribution is 2.36. The Morgan fingerprint density at radius 3 is 3.12 bits per heavy atom. The molecule has 0 unspecified atom stereocenters. The summed E-state index contributed by atoms with van der Waals surface area (Å²) in [4.78, 5) is 24.8. The van der Waals surface area contributed by atoms with Crippen LogP contribution in [0.1, 0.15) is 22.9 Å². The fraction of sp³-hybridized carbons (Fsp3) is 0.316. The van der Waals surface area contributed by atoms with Gasteiger partial charge in [0.1, 0.15) is 22.7 Å². The minimum atomic E-state index is -0.00550. The lowest BCUT2D eigenvalue weighted by atomic mass is 10.1. The van der Waals surface area contributed by atoms with Gasteiger partial charge in [0.25, 0.3) is 5.91 Å². The molecule has 134 valence electrons. The smallest absolute Gasteiger partial charge is 0.260 e. The van der Waals surface area contributed by atoms with Crippen LogP contribution in [0.2, 0.25) is 0 Å². The number of nitrogens with two attached hydrogens (primary N) is 1. The normalized spacial score (nSPS) is 13.7. The first-order chi connectivity index (χ1) is 12.7. The van der Waals surface area contributed by atoms with E-state index in [4.69, 9.17) is 10.5 Å². The molecule has 2 N–H and O–H groups in total. The maximum atomic E-state index is 12.6. The summed E-state index contributed by atoms with van der Waals surface area (Å²) in [5.41, 5.74) is 8.39. The summed E-state index contributed by atoms with van der Waals surface area (Å²) >= 11 is 1.59. The highest BCUT2D eigenvalue weighted by molar-refractivity contribution is 7.19. The van der Waals surface area contributed by atoms with E-state index in [0.29, 0.717) is 18.9 Å². The molecule has 0 atom stereocenters. The summed E-state index contributed by atoms with van der Waals surface area (Å²) in [5.74, 6) is 1.25. The van der Waals surface area contributed by atoms with Gasteiger partial charge in [-0.2, -0.15) is 0 Å². The number of benzene rings is 1. The van der Waals surface area contributed by atoms with Crippen LogP contribution in [0.3, 0.4) is 0 Å². The first-order valence-electron chi connectivity index (χ1n) is 8.66. The van der Waals surface area contributed by atoms with E-state index in [1.807, 2.05) is 23.1 Å². The lowest BCUT2D eigenvalue weighted by molar-refractivity contribution is -0.134. The van der Waals surface area contributed by atoms with Gasteiger partial charge in [-0.25, -0.2) is 9.97 Å². The molecule has 7 heteroatoms. The van der Waals surface area contributed by atoms with Crippen molar-refractivity contribution in [3.05, 3.63) is 46.6 Å². The molecule has 0 fully saturated rings. The summed E-state index contributed by atoms with van der Waals surface area (Å²) < 4.78 is 5.70. The van der Waals surface area contributed by atoms with Gasteiger partial charge in [0.15, 0.2) is 6.61 Å². The summed E-state index contributed by atoms with van der Waals surface area (Å²) in [6, 6.07) is 7.87. The van der Waals surface area contributed by atoms with Crippen molar-refractivity contribution >= 4 is 33.3 Å². The van der Waals surface area contributed by atoms with Crippen LogP contribution in [-0.4, -0.2) is 33.9 Å². The van der Waals surface area contributed by atoms with Crippen LogP contribution in [-0.2, 0) is 24.2 Å². The van der Waals surface area contributed by atoms with Crippen molar-refractivity contribution in [3.8, 4) is 5.75 Å². The van der Waals surface area contributed by atoms with Crippen molar-refractivity contribution in [2.75, 3.05) is 18.9 Å². The molecule has 3 aromatic rings. The van der Waals surface area contributed by atoms with Crippen molar-refractivity contribution < 1.29 is 9.53 Å². The number of rotatable bonds is 4. The summed E-state index contributed by atoms with van der Waals surface area (Å²) in [5, 5.41) is 0.951. The number of aromatic nitrogens is 2. The number of ether oxygens (including phenoxy) is 1. The summed E-state index contributed by atoms with van der Waals surface area (Å²) in [7, 11) is 0. The predicted molar refractivity (Wildman–Crippen MR) is 102 cm³/mol. The predicted octanol–water partition coefficient (Wildman–Crippen LogP) is 2.80. The maximum Gasteiger partial charge on any atom is 0.260 e. The van der Waals surface area contributed by atoms with Crippen molar-refractivity contribution in [3.63, 3.8) is 0 Å². The third-order valence-corrected chi connectivity index (χ3v) is 5.81. The zero-order valence-corrected chi connectivity index (χ0v) is 15.4. The van der Waals surface area contributed by atoms with E-state index in [-0.39, 0.29) is 12.5 Å². The Labute approximate surface area is 155 Å². The van der Waals surface area contributed by atoms with Gasteiger partial charge in [0.05, 0.1) is 11.9 Å². The molecular weight excluding hydrogens is 348 g/mol. The van der Waals surface area contributed by atoms with Gasteiger partial charge in [0, 0.05) is 11.4 Å². The van der Waals surface area contributed by atoms with Crippen molar-refractivity contribution in [2.24, 2.45) is 0 Å². The van der Waals surface area contributed by atoms with Gasteiger partial charge < -0.3 is 15.4 Å². The molecule has 1 aromatic carbocycles. The Morgan fingerprint density at radius 2 is 2.27 bits per heavy atom. The molecule has 4 rings (SSSR count). The highest BCUT2D eigenvalue weighted by atomic mass is 32.1. The molecule has 0 bridgehead atoms. The van der Waals surface area contributed by atoms with Gasteiger partial charge in [0.2, 0.25) is 0 Å². The number of anilines is 1. The molecule has 2 aromatic heterocycles. The molecule has 0 aliphatic carbocycles. The third kappa shape index (κ3) is 3.10. The van der Waals surface area contributed by atoms with Crippen molar-refractivity contribution in [1.82, 2.24) is 14.9 Å². The second-order valence-electron chi connectivity index (χ2n) is 6.30. The molecule has 3 heterocycles.